The average molecular weight is 462 g/mol. The first-order chi connectivity index (χ1) is 16.8. The lowest BCUT2D eigenvalue weighted by Gasteiger charge is -2.16. The monoisotopic (exact) mass is 461 g/mol. The highest BCUT2D eigenvalue weighted by Crippen LogP contribution is 2.29. The smallest absolute Gasteiger partial charge is 0.161 e. The molecule has 1 fully saturated rings. The second-order valence-corrected chi connectivity index (χ2v) is 8.64. The summed E-state index contributed by atoms with van der Waals surface area (Å²) in [5, 5.41) is 0. The van der Waals surface area contributed by atoms with E-state index in [0.29, 0.717) is 19.6 Å². The molecule has 0 spiro atoms. The highest BCUT2D eigenvalue weighted by molar-refractivity contribution is 5.43. The van der Waals surface area contributed by atoms with Gasteiger partial charge in [-0.2, -0.15) is 0 Å². The molecule has 0 radical (unpaired) electrons. The number of aryl methyl sites for hydroxylation is 1. The van der Waals surface area contributed by atoms with Gasteiger partial charge in [-0.05, 0) is 81.1 Å². The largest absolute Gasteiger partial charge is 0.494 e. The van der Waals surface area contributed by atoms with E-state index in [-0.39, 0.29) is 0 Å². The number of methoxy groups -OCH3 is 1. The minimum Gasteiger partial charge on any atom is -0.494 e. The number of aromatic nitrogens is 2. The third kappa shape index (κ3) is 7.45. The van der Waals surface area contributed by atoms with Crippen molar-refractivity contribution in [1.29, 1.82) is 0 Å². The summed E-state index contributed by atoms with van der Waals surface area (Å²) in [7, 11) is 1.68. The maximum Gasteiger partial charge on any atom is 0.161 e. The molecule has 0 bridgehead atoms. The molecule has 180 valence electrons. The van der Waals surface area contributed by atoms with Crippen LogP contribution in [0.25, 0.3) is 0 Å². The van der Waals surface area contributed by atoms with Crippen molar-refractivity contribution in [3.8, 4) is 17.2 Å². The topological polar surface area (TPSA) is 56.7 Å². The fourth-order valence-electron chi connectivity index (χ4n) is 4.23. The number of para-hydroxylation sites is 1. The summed E-state index contributed by atoms with van der Waals surface area (Å²) >= 11 is 0. The Labute approximate surface area is 202 Å². The number of rotatable bonds is 13. The Hall–Kier alpha value is -3.12. The number of nitrogens with zero attached hydrogens (tertiary/aromatic N) is 3. The van der Waals surface area contributed by atoms with Crippen LogP contribution in [0.3, 0.4) is 0 Å². The third-order valence-corrected chi connectivity index (χ3v) is 6.02. The van der Waals surface area contributed by atoms with E-state index in [1.54, 1.807) is 7.11 Å². The van der Waals surface area contributed by atoms with Crippen LogP contribution in [0.15, 0.2) is 60.8 Å². The van der Waals surface area contributed by atoms with Crippen molar-refractivity contribution in [3.63, 3.8) is 0 Å². The van der Waals surface area contributed by atoms with E-state index < -0.39 is 0 Å². The average Bonchev–Trinajstić information content (AvgIpc) is 3.39. The van der Waals surface area contributed by atoms with Crippen molar-refractivity contribution in [2.45, 2.75) is 38.5 Å². The Bertz CT molecular complexity index is 1010. The number of hydrogen-bond acceptors (Lipinski definition) is 6. The summed E-state index contributed by atoms with van der Waals surface area (Å²) in [5.41, 5.74) is 2.15. The zero-order chi connectivity index (χ0) is 23.4. The minimum absolute atomic E-state index is 0.655. The zero-order valence-electron chi connectivity index (χ0n) is 20.1. The summed E-state index contributed by atoms with van der Waals surface area (Å²) in [6.07, 6.45) is 7.92. The van der Waals surface area contributed by atoms with Crippen molar-refractivity contribution in [1.82, 2.24) is 14.9 Å². The van der Waals surface area contributed by atoms with Gasteiger partial charge in [-0.15, -0.1) is 0 Å². The molecule has 0 atom stereocenters. The van der Waals surface area contributed by atoms with Gasteiger partial charge in [0.2, 0.25) is 0 Å². The SMILES string of the molecule is COc1ccc(Cc2nccc(CCCOc3ccccc3)n2)cc1OCCCN1CCCC1. The van der Waals surface area contributed by atoms with Gasteiger partial charge in [0, 0.05) is 24.9 Å². The van der Waals surface area contributed by atoms with Gasteiger partial charge in [0.15, 0.2) is 11.5 Å². The van der Waals surface area contributed by atoms with Gasteiger partial charge in [0.05, 0.1) is 20.3 Å². The number of likely N-dealkylation sites (tertiary alicyclic amines) is 1. The molecule has 6 heteroatoms. The van der Waals surface area contributed by atoms with Crippen LogP contribution in [0.2, 0.25) is 0 Å². The Morgan fingerprint density at radius 1 is 0.882 bits per heavy atom. The molecule has 6 nitrogen and oxygen atoms in total. The lowest BCUT2D eigenvalue weighted by molar-refractivity contribution is 0.254. The Morgan fingerprint density at radius 2 is 1.71 bits per heavy atom. The van der Waals surface area contributed by atoms with Crippen LogP contribution >= 0.6 is 0 Å². The summed E-state index contributed by atoms with van der Waals surface area (Å²) in [6.45, 7) is 4.89. The van der Waals surface area contributed by atoms with Gasteiger partial charge < -0.3 is 19.1 Å². The van der Waals surface area contributed by atoms with Crippen LogP contribution in [0, 0.1) is 0 Å². The standard InChI is InChI=1S/C28H35N3O3/c1-32-26-13-12-23(21-27(26)34-20-8-18-31-16-5-6-17-31)22-28-29-15-14-24(30-28)9-7-19-33-25-10-3-2-4-11-25/h2-4,10-15,21H,5-9,16-20,22H2,1H3. The van der Waals surface area contributed by atoms with Crippen molar-refractivity contribution in [3.05, 3.63) is 77.9 Å². The van der Waals surface area contributed by atoms with Crippen LogP contribution in [0.4, 0.5) is 0 Å². The van der Waals surface area contributed by atoms with Crippen molar-refractivity contribution in [2.24, 2.45) is 0 Å². The predicted molar refractivity (Wildman–Crippen MR) is 134 cm³/mol. The van der Waals surface area contributed by atoms with E-state index >= 15 is 0 Å². The van der Waals surface area contributed by atoms with Crippen LogP contribution in [0.5, 0.6) is 17.2 Å². The number of hydrogen-bond donors (Lipinski definition) is 0. The lowest BCUT2D eigenvalue weighted by atomic mass is 10.1. The van der Waals surface area contributed by atoms with Crippen LogP contribution in [-0.2, 0) is 12.8 Å². The Balaban J connectivity index is 1.27. The molecule has 0 N–H and O–H groups in total. The molecule has 2 heterocycles. The fourth-order valence-corrected chi connectivity index (χ4v) is 4.23. The van der Waals surface area contributed by atoms with Gasteiger partial charge in [0.25, 0.3) is 0 Å². The lowest BCUT2D eigenvalue weighted by Crippen LogP contribution is -2.21. The minimum atomic E-state index is 0.655. The van der Waals surface area contributed by atoms with E-state index in [9.17, 15) is 0 Å². The van der Waals surface area contributed by atoms with E-state index in [4.69, 9.17) is 19.2 Å². The molecule has 1 aliphatic heterocycles. The highest BCUT2D eigenvalue weighted by atomic mass is 16.5. The molecule has 4 rings (SSSR count). The normalized spacial score (nSPS) is 13.7. The van der Waals surface area contributed by atoms with Gasteiger partial charge in [-0.1, -0.05) is 24.3 Å². The molecular formula is C28H35N3O3. The summed E-state index contributed by atoms with van der Waals surface area (Å²) in [6, 6.07) is 18.0. The second kappa shape index (κ2) is 12.9. The Kier molecular flexibility index (Phi) is 9.14. The fraction of sp³-hybridized carbons (Fsp3) is 0.429. The molecular weight excluding hydrogens is 426 g/mol. The molecule has 1 aromatic heterocycles. The maximum absolute atomic E-state index is 6.09. The molecule has 1 aliphatic rings. The molecule has 2 aromatic carbocycles. The van der Waals surface area contributed by atoms with Crippen LogP contribution in [-0.4, -0.2) is 54.8 Å². The van der Waals surface area contributed by atoms with Crippen molar-refractivity contribution in [2.75, 3.05) is 40.0 Å². The molecule has 3 aromatic rings. The summed E-state index contributed by atoms with van der Waals surface area (Å²) < 4.78 is 17.4. The van der Waals surface area contributed by atoms with Crippen LogP contribution < -0.4 is 14.2 Å². The first-order valence-corrected chi connectivity index (χ1v) is 12.3. The number of ether oxygens (including phenoxy) is 3. The Morgan fingerprint density at radius 3 is 2.53 bits per heavy atom. The van der Waals surface area contributed by atoms with E-state index in [0.717, 1.165) is 60.1 Å². The van der Waals surface area contributed by atoms with Gasteiger partial charge in [-0.3, -0.25) is 0 Å². The molecule has 0 saturated carbocycles. The van der Waals surface area contributed by atoms with Gasteiger partial charge >= 0.3 is 0 Å². The van der Waals surface area contributed by atoms with Crippen molar-refractivity contribution < 1.29 is 14.2 Å². The maximum atomic E-state index is 6.09. The van der Waals surface area contributed by atoms with Crippen LogP contribution in [0.1, 0.15) is 42.8 Å². The zero-order valence-corrected chi connectivity index (χ0v) is 20.1. The molecule has 0 aliphatic carbocycles. The van der Waals surface area contributed by atoms with Gasteiger partial charge in [0.1, 0.15) is 11.6 Å². The highest BCUT2D eigenvalue weighted by Gasteiger charge is 2.12. The molecule has 0 unspecified atom stereocenters. The molecule has 0 amide bonds. The summed E-state index contributed by atoms with van der Waals surface area (Å²) in [4.78, 5) is 11.8. The van der Waals surface area contributed by atoms with E-state index in [1.807, 2.05) is 48.7 Å². The first kappa shape index (κ1) is 24.0. The van der Waals surface area contributed by atoms with Crippen molar-refractivity contribution >= 4 is 0 Å². The molecule has 1 saturated heterocycles. The quantitative estimate of drug-likeness (QED) is 0.336. The molecule has 34 heavy (non-hydrogen) atoms. The number of benzene rings is 2. The van der Waals surface area contributed by atoms with Gasteiger partial charge in [-0.25, -0.2) is 9.97 Å². The van der Waals surface area contributed by atoms with E-state index in [1.165, 1.54) is 25.9 Å². The first-order valence-electron chi connectivity index (χ1n) is 12.3. The predicted octanol–water partition coefficient (Wildman–Crippen LogP) is 4.95. The second-order valence-electron chi connectivity index (χ2n) is 8.64. The van der Waals surface area contributed by atoms with E-state index in [2.05, 4.69) is 22.0 Å². The third-order valence-electron chi connectivity index (χ3n) is 6.02. The summed E-state index contributed by atoms with van der Waals surface area (Å²) in [5.74, 6) is 3.26.